The van der Waals surface area contributed by atoms with E-state index >= 15 is 0 Å². The van der Waals surface area contributed by atoms with Gasteiger partial charge in [0.2, 0.25) is 0 Å². The zero-order valence-electron chi connectivity index (χ0n) is 17.7. The van der Waals surface area contributed by atoms with Crippen molar-refractivity contribution in [3.63, 3.8) is 0 Å². The van der Waals surface area contributed by atoms with E-state index in [1.165, 1.54) is 24.7 Å². The Kier molecular flexibility index (Phi) is 12.9. The van der Waals surface area contributed by atoms with Crippen LogP contribution in [0.4, 0.5) is 0 Å². The number of hydrogen-bond donors (Lipinski definition) is 4. The maximum atomic E-state index is 10.5. The second-order valence-electron chi connectivity index (χ2n) is 6.74. The minimum absolute atomic E-state index is 0.761. The highest BCUT2D eigenvalue weighted by Crippen LogP contribution is 2.21. The Labute approximate surface area is 167 Å². The quantitative estimate of drug-likeness (QED) is 0.597. The normalized spacial score (nSPS) is 26.6. The first-order valence-electron chi connectivity index (χ1n) is 9.74. The summed E-state index contributed by atoms with van der Waals surface area (Å²) in [5, 5.41) is 36.3. The van der Waals surface area contributed by atoms with Crippen molar-refractivity contribution in [2.45, 2.75) is 78.2 Å². The molecule has 5 unspecified atom stereocenters. The molecule has 0 spiro atoms. The third kappa shape index (κ3) is 8.24. The van der Waals surface area contributed by atoms with Gasteiger partial charge in [0.1, 0.15) is 18.3 Å². The molecule has 0 saturated carbocycles. The highest BCUT2D eigenvalue weighted by molar-refractivity contribution is 5.73. The molecule has 1 aromatic rings. The summed E-state index contributed by atoms with van der Waals surface area (Å²) >= 11 is 0. The molecule has 0 aliphatic carbocycles. The van der Waals surface area contributed by atoms with Crippen molar-refractivity contribution in [2.75, 3.05) is 7.11 Å². The van der Waals surface area contributed by atoms with Gasteiger partial charge in [-0.2, -0.15) is 0 Å². The number of rotatable bonds is 5. The van der Waals surface area contributed by atoms with Crippen molar-refractivity contribution >= 4 is 5.97 Å². The smallest absolute Gasteiger partial charge is 0.335 e. The molecule has 7 nitrogen and oxygen atoms in total. The number of carbonyl (C=O) groups is 1. The lowest BCUT2D eigenvalue weighted by molar-refractivity contribution is -0.287. The summed E-state index contributed by atoms with van der Waals surface area (Å²) in [4.78, 5) is 10.5. The van der Waals surface area contributed by atoms with Gasteiger partial charge in [-0.15, -0.1) is 0 Å². The van der Waals surface area contributed by atoms with Crippen molar-refractivity contribution in [3.8, 4) is 0 Å². The fourth-order valence-electron chi connectivity index (χ4n) is 2.69. The first-order valence-corrected chi connectivity index (χ1v) is 9.74. The van der Waals surface area contributed by atoms with Crippen molar-refractivity contribution < 1.29 is 34.7 Å². The Morgan fingerprint density at radius 3 is 2.14 bits per heavy atom. The van der Waals surface area contributed by atoms with Crippen LogP contribution in [-0.4, -0.2) is 64.2 Å². The van der Waals surface area contributed by atoms with E-state index in [1.54, 1.807) is 0 Å². The molecular formula is C21H36O7. The Morgan fingerprint density at radius 2 is 1.68 bits per heavy atom. The lowest BCUT2D eigenvalue weighted by Crippen LogP contribution is -2.60. The molecule has 0 aromatic heterocycles. The third-order valence-corrected chi connectivity index (χ3v) is 4.09. The largest absolute Gasteiger partial charge is 0.479 e. The van der Waals surface area contributed by atoms with Gasteiger partial charge in [-0.05, 0) is 29.9 Å². The molecule has 1 aliphatic heterocycles. The van der Waals surface area contributed by atoms with Crippen molar-refractivity contribution in [1.29, 1.82) is 0 Å². The fourth-order valence-corrected chi connectivity index (χ4v) is 2.69. The van der Waals surface area contributed by atoms with Crippen LogP contribution in [0, 0.1) is 5.92 Å². The van der Waals surface area contributed by atoms with Crippen LogP contribution < -0.4 is 0 Å². The van der Waals surface area contributed by atoms with Crippen LogP contribution in [0.5, 0.6) is 0 Å². The van der Waals surface area contributed by atoms with E-state index in [4.69, 9.17) is 9.84 Å². The molecular weight excluding hydrogens is 364 g/mol. The van der Waals surface area contributed by atoms with E-state index in [-0.39, 0.29) is 0 Å². The van der Waals surface area contributed by atoms with Crippen LogP contribution in [0.3, 0.4) is 0 Å². The predicted octanol–water partition coefficient (Wildman–Crippen LogP) is 2.00. The number of methoxy groups -OCH3 is 1. The second-order valence-corrected chi connectivity index (χ2v) is 6.74. The number of hydrogen-bond acceptors (Lipinski definition) is 6. The number of aliphatic hydroxyl groups excluding tert-OH is 3. The van der Waals surface area contributed by atoms with Crippen LogP contribution in [0.15, 0.2) is 24.3 Å². The monoisotopic (exact) mass is 400 g/mol. The van der Waals surface area contributed by atoms with Gasteiger partial charge < -0.3 is 29.9 Å². The molecule has 5 atom stereocenters. The van der Waals surface area contributed by atoms with Crippen LogP contribution in [0.1, 0.15) is 45.7 Å². The van der Waals surface area contributed by atoms with Gasteiger partial charge in [-0.1, -0.05) is 58.9 Å². The van der Waals surface area contributed by atoms with Crippen molar-refractivity contribution in [3.05, 3.63) is 35.4 Å². The van der Waals surface area contributed by atoms with Gasteiger partial charge in [0.15, 0.2) is 12.4 Å². The summed E-state index contributed by atoms with van der Waals surface area (Å²) in [6, 6.07) is 8.90. The lowest BCUT2D eigenvalue weighted by Gasteiger charge is -2.37. The summed E-state index contributed by atoms with van der Waals surface area (Å²) in [6.07, 6.45) is -5.25. The maximum Gasteiger partial charge on any atom is 0.335 e. The van der Waals surface area contributed by atoms with Crippen LogP contribution >= 0.6 is 0 Å². The highest BCUT2D eigenvalue weighted by atomic mass is 16.7. The van der Waals surface area contributed by atoms with E-state index in [0.717, 1.165) is 12.3 Å². The fraction of sp³-hybridized carbons (Fsp3) is 0.667. The topological polar surface area (TPSA) is 116 Å². The van der Waals surface area contributed by atoms with E-state index in [9.17, 15) is 20.1 Å². The Balaban J connectivity index is 0.000000483. The van der Waals surface area contributed by atoms with Crippen LogP contribution in [0.2, 0.25) is 0 Å². The van der Waals surface area contributed by atoms with Crippen molar-refractivity contribution in [1.82, 2.24) is 0 Å². The number of aliphatic carboxylic acids is 1. The second kappa shape index (κ2) is 13.6. The number of aryl methyl sites for hydroxylation is 1. The average Bonchev–Trinajstić information content (AvgIpc) is 2.68. The summed E-state index contributed by atoms with van der Waals surface area (Å²) < 4.78 is 9.31. The molecule has 1 aromatic carbocycles. The molecule has 0 amide bonds. The van der Waals surface area contributed by atoms with Crippen LogP contribution in [-0.2, 0) is 27.1 Å². The molecule has 0 radical (unpaired) electrons. The molecule has 4 N–H and O–H groups in total. The molecule has 1 heterocycles. The van der Waals surface area contributed by atoms with E-state index in [2.05, 4.69) is 49.8 Å². The molecule has 0 bridgehead atoms. The number of ether oxygens (including phenoxy) is 2. The number of carboxylic acids is 1. The molecule has 7 heteroatoms. The first kappa shape index (κ1) is 26.5. The van der Waals surface area contributed by atoms with Gasteiger partial charge in [-0.3, -0.25) is 0 Å². The first-order chi connectivity index (χ1) is 13.2. The third-order valence-electron chi connectivity index (χ3n) is 4.09. The molecule has 162 valence electrons. The molecule has 1 saturated heterocycles. The predicted molar refractivity (Wildman–Crippen MR) is 107 cm³/mol. The number of carboxylic acid groups (broad SMARTS) is 1. The van der Waals surface area contributed by atoms with Crippen molar-refractivity contribution in [2.24, 2.45) is 5.92 Å². The molecule has 28 heavy (non-hydrogen) atoms. The van der Waals surface area contributed by atoms with Crippen LogP contribution in [0.25, 0.3) is 0 Å². The van der Waals surface area contributed by atoms with Gasteiger partial charge in [0, 0.05) is 7.11 Å². The molecule has 1 fully saturated rings. The van der Waals surface area contributed by atoms with Gasteiger partial charge >= 0.3 is 5.97 Å². The number of aliphatic hydroxyl groups is 3. The average molecular weight is 401 g/mol. The SMILES string of the molecule is CC.CCc1cccc(CC(C)C)c1.COC1OC(C(=O)O)C(O)C(O)C1O. The lowest BCUT2D eigenvalue weighted by atomic mass is 9.99. The standard InChI is InChI=1S/C12H18.C7H12O7.C2H6/c1-4-11-6-5-7-12(9-11)8-10(2)3;1-13-7-4(10)2(8)3(9)5(14-7)6(11)12;1-2/h5-7,9-10H,4,8H2,1-3H3;2-5,7-10H,1H3,(H,11,12);1-2H3. The maximum absolute atomic E-state index is 10.5. The minimum atomic E-state index is -1.67. The summed E-state index contributed by atoms with van der Waals surface area (Å²) in [5.41, 5.74) is 2.93. The van der Waals surface area contributed by atoms with Gasteiger partial charge in [0.05, 0.1) is 0 Å². The minimum Gasteiger partial charge on any atom is -0.479 e. The Morgan fingerprint density at radius 1 is 1.11 bits per heavy atom. The summed E-state index contributed by atoms with van der Waals surface area (Å²) in [5.74, 6) is -0.664. The summed E-state index contributed by atoms with van der Waals surface area (Å²) in [7, 11) is 1.19. The van der Waals surface area contributed by atoms with E-state index < -0.39 is 36.7 Å². The molecule has 1 aliphatic rings. The molecule has 2 rings (SSSR count). The zero-order valence-corrected chi connectivity index (χ0v) is 17.7. The zero-order chi connectivity index (χ0) is 21.9. The van der Waals surface area contributed by atoms with E-state index in [1.807, 2.05) is 13.8 Å². The van der Waals surface area contributed by atoms with Gasteiger partial charge in [-0.25, -0.2) is 4.79 Å². The summed E-state index contributed by atoms with van der Waals surface area (Å²) in [6.45, 7) is 10.7. The number of benzene rings is 1. The Bertz CT molecular complexity index is 559. The highest BCUT2D eigenvalue weighted by Gasteiger charge is 2.47. The Hall–Kier alpha value is -1.51. The van der Waals surface area contributed by atoms with Gasteiger partial charge in [0.25, 0.3) is 0 Å². The van der Waals surface area contributed by atoms with E-state index in [0.29, 0.717) is 0 Å².